The Morgan fingerprint density at radius 1 is 1.00 bits per heavy atom. The molecule has 0 saturated carbocycles. The van der Waals surface area contributed by atoms with E-state index >= 15 is 0 Å². The Hall–Kier alpha value is -2.92. The molecule has 0 atom stereocenters. The third-order valence-electron chi connectivity index (χ3n) is 4.03. The molecule has 1 aromatic heterocycles. The van der Waals surface area contributed by atoms with Crippen molar-refractivity contribution < 1.29 is 9.63 Å². The molecular weight excluding hydrogens is 314 g/mol. The smallest absolute Gasteiger partial charge is 0.269 e. The minimum atomic E-state index is -0.273. The summed E-state index contributed by atoms with van der Waals surface area (Å²) in [7, 11) is 0. The van der Waals surface area contributed by atoms with Gasteiger partial charge in [0.15, 0.2) is 0 Å². The van der Waals surface area contributed by atoms with E-state index in [2.05, 4.69) is 10.6 Å². The van der Waals surface area contributed by atoms with Crippen molar-refractivity contribution >= 4 is 5.91 Å². The van der Waals surface area contributed by atoms with Crippen molar-refractivity contribution in [3.8, 4) is 0 Å². The second-order valence-corrected chi connectivity index (χ2v) is 5.89. The van der Waals surface area contributed by atoms with Gasteiger partial charge in [0.2, 0.25) is 0 Å². The van der Waals surface area contributed by atoms with Gasteiger partial charge >= 0.3 is 0 Å². The molecular formula is C20H21N3O2. The third-order valence-corrected chi connectivity index (χ3v) is 4.03. The quantitative estimate of drug-likeness (QED) is 0.702. The molecule has 0 radical (unpaired) electrons. The number of carbonyl (C=O) groups is 1. The molecule has 1 N–H and O–H groups in total. The van der Waals surface area contributed by atoms with E-state index < -0.39 is 0 Å². The van der Waals surface area contributed by atoms with Crippen molar-refractivity contribution in [1.82, 2.24) is 15.3 Å². The first-order valence-electron chi connectivity index (χ1n) is 8.19. The highest BCUT2D eigenvalue weighted by Crippen LogP contribution is 2.15. The third kappa shape index (κ3) is 4.14. The predicted molar refractivity (Wildman–Crippen MR) is 95.9 cm³/mol. The topological polar surface area (TPSA) is 56.2 Å². The maximum Gasteiger partial charge on any atom is 0.278 e. The van der Waals surface area contributed by atoms with Gasteiger partial charge in [-0.2, -0.15) is 5.10 Å². The van der Waals surface area contributed by atoms with Gasteiger partial charge in [0.1, 0.15) is 0 Å². The highest BCUT2D eigenvalue weighted by atomic mass is 16.6. The van der Waals surface area contributed by atoms with E-state index in [0.717, 1.165) is 16.8 Å². The van der Waals surface area contributed by atoms with Gasteiger partial charge in [0, 0.05) is 5.69 Å². The molecule has 3 aromatic rings. The van der Waals surface area contributed by atoms with Gasteiger partial charge in [-0.15, -0.1) is 0 Å². The molecule has 2 aromatic carbocycles. The number of hydroxylamine groups is 1. The average molecular weight is 335 g/mol. The summed E-state index contributed by atoms with van der Waals surface area (Å²) in [5.74, 6) is -0.273. The Morgan fingerprint density at radius 2 is 1.60 bits per heavy atom. The van der Waals surface area contributed by atoms with Crippen molar-refractivity contribution in [1.29, 1.82) is 0 Å². The molecule has 0 aliphatic carbocycles. The fraction of sp³-hybridized carbons (Fsp3) is 0.200. The standard InChI is InChI=1S/C20H21N3O2/c1-15-19(20(24)22-25-14-18-11-7-4-8-12-18)16(2)23(21-15)13-17-9-5-3-6-10-17/h3-12H,13-14H2,1-2H3,(H,22,24). The van der Waals surface area contributed by atoms with Crippen LogP contribution in [0, 0.1) is 13.8 Å². The van der Waals surface area contributed by atoms with Gasteiger partial charge in [0.25, 0.3) is 5.91 Å². The van der Waals surface area contributed by atoms with E-state index in [0.29, 0.717) is 24.4 Å². The van der Waals surface area contributed by atoms with E-state index in [1.54, 1.807) is 0 Å². The number of aromatic nitrogens is 2. The molecule has 0 unspecified atom stereocenters. The molecule has 3 rings (SSSR count). The van der Waals surface area contributed by atoms with E-state index in [4.69, 9.17) is 4.84 Å². The van der Waals surface area contributed by atoms with Crippen LogP contribution >= 0.6 is 0 Å². The minimum absolute atomic E-state index is 0.273. The minimum Gasteiger partial charge on any atom is -0.269 e. The number of hydrogen-bond donors (Lipinski definition) is 1. The Bertz CT molecular complexity index is 842. The molecule has 0 aliphatic rings. The normalized spacial score (nSPS) is 10.6. The zero-order valence-corrected chi connectivity index (χ0v) is 14.4. The summed E-state index contributed by atoms with van der Waals surface area (Å²) in [6.45, 7) is 4.68. The molecule has 128 valence electrons. The first kappa shape index (κ1) is 16.9. The fourth-order valence-corrected chi connectivity index (χ4v) is 2.75. The summed E-state index contributed by atoms with van der Waals surface area (Å²) >= 11 is 0. The summed E-state index contributed by atoms with van der Waals surface area (Å²) < 4.78 is 1.84. The van der Waals surface area contributed by atoms with Crippen LogP contribution in [0.3, 0.4) is 0 Å². The highest BCUT2D eigenvalue weighted by molar-refractivity contribution is 5.95. The van der Waals surface area contributed by atoms with E-state index in [9.17, 15) is 4.79 Å². The van der Waals surface area contributed by atoms with Crippen LogP contribution < -0.4 is 5.48 Å². The van der Waals surface area contributed by atoms with Crippen molar-refractivity contribution in [2.75, 3.05) is 0 Å². The van der Waals surface area contributed by atoms with E-state index in [1.165, 1.54) is 0 Å². The van der Waals surface area contributed by atoms with Gasteiger partial charge in [-0.3, -0.25) is 14.3 Å². The number of nitrogens with one attached hydrogen (secondary N) is 1. The van der Waals surface area contributed by atoms with Gasteiger partial charge in [-0.1, -0.05) is 60.7 Å². The van der Waals surface area contributed by atoms with Crippen molar-refractivity contribution in [2.24, 2.45) is 0 Å². The Balaban J connectivity index is 1.66. The SMILES string of the molecule is Cc1nn(Cc2ccccc2)c(C)c1C(=O)NOCc1ccccc1. The van der Waals surface area contributed by atoms with Crippen LogP contribution in [0.25, 0.3) is 0 Å². The number of nitrogens with zero attached hydrogens (tertiary/aromatic N) is 2. The second kappa shape index (κ2) is 7.77. The van der Waals surface area contributed by atoms with Crippen LogP contribution in [0.5, 0.6) is 0 Å². The Morgan fingerprint density at radius 3 is 2.24 bits per heavy atom. The van der Waals surface area contributed by atoms with E-state index in [-0.39, 0.29) is 5.91 Å². The maximum atomic E-state index is 12.5. The van der Waals surface area contributed by atoms with Crippen LogP contribution in [-0.2, 0) is 18.0 Å². The summed E-state index contributed by atoms with van der Waals surface area (Å²) in [4.78, 5) is 17.8. The fourth-order valence-electron chi connectivity index (χ4n) is 2.75. The second-order valence-electron chi connectivity index (χ2n) is 5.89. The van der Waals surface area contributed by atoms with Gasteiger partial charge < -0.3 is 0 Å². The monoisotopic (exact) mass is 335 g/mol. The maximum absolute atomic E-state index is 12.5. The molecule has 5 heteroatoms. The first-order chi connectivity index (χ1) is 12.1. The lowest BCUT2D eigenvalue weighted by atomic mass is 10.2. The summed E-state index contributed by atoms with van der Waals surface area (Å²) in [6.07, 6.45) is 0. The van der Waals surface area contributed by atoms with Crippen molar-refractivity contribution in [2.45, 2.75) is 27.0 Å². The molecule has 0 spiro atoms. The highest BCUT2D eigenvalue weighted by Gasteiger charge is 2.18. The zero-order valence-electron chi connectivity index (χ0n) is 14.4. The number of hydrogen-bond acceptors (Lipinski definition) is 3. The lowest BCUT2D eigenvalue weighted by Crippen LogP contribution is -2.24. The lowest BCUT2D eigenvalue weighted by Gasteiger charge is -2.07. The number of carbonyl (C=O) groups excluding carboxylic acids is 1. The molecule has 0 bridgehead atoms. The van der Waals surface area contributed by atoms with Gasteiger partial charge in [-0.25, -0.2) is 5.48 Å². The van der Waals surface area contributed by atoms with Crippen molar-refractivity contribution in [3.63, 3.8) is 0 Å². The first-order valence-corrected chi connectivity index (χ1v) is 8.19. The summed E-state index contributed by atoms with van der Waals surface area (Å²) in [6, 6.07) is 19.7. The number of benzene rings is 2. The number of amides is 1. The molecule has 25 heavy (non-hydrogen) atoms. The van der Waals surface area contributed by atoms with Crippen LogP contribution in [0.2, 0.25) is 0 Å². The molecule has 0 fully saturated rings. The van der Waals surface area contributed by atoms with Crippen LogP contribution in [0.15, 0.2) is 60.7 Å². The predicted octanol–water partition coefficient (Wildman–Crippen LogP) is 3.41. The van der Waals surface area contributed by atoms with Gasteiger partial charge in [0.05, 0.1) is 24.4 Å². The number of rotatable bonds is 6. The number of aryl methyl sites for hydroxylation is 1. The lowest BCUT2D eigenvalue weighted by molar-refractivity contribution is 0.0232. The zero-order chi connectivity index (χ0) is 17.6. The molecule has 1 heterocycles. The van der Waals surface area contributed by atoms with Gasteiger partial charge in [-0.05, 0) is 25.0 Å². The molecule has 0 saturated heterocycles. The Labute approximate surface area is 147 Å². The Kier molecular flexibility index (Phi) is 5.26. The average Bonchev–Trinajstić information content (AvgIpc) is 2.90. The van der Waals surface area contributed by atoms with Crippen LogP contribution in [0.4, 0.5) is 0 Å². The van der Waals surface area contributed by atoms with Crippen molar-refractivity contribution in [3.05, 3.63) is 88.7 Å². The van der Waals surface area contributed by atoms with Crippen LogP contribution in [-0.4, -0.2) is 15.7 Å². The van der Waals surface area contributed by atoms with E-state index in [1.807, 2.05) is 79.2 Å². The summed E-state index contributed by atoms with van der Waals surface area (Å²) in [5.41, 5.74) is 6.72. The summed E-state index contributed by atoms with van der Waals surface area (Å²) in [5, 5.41) is 4.49. The molecule has 1 amide bonds. The molecule has 0 aliphatic heterocycles. The largest absolute Gasteiger partial charge is 0.278 e. The molecule has 5 nitrogen and oxygen atoms in total. The van der Waals surface area contributed by atoms with Crippen LogP contribution in [0.1, 0.15) is 32.9 Å².